The van der Waals surface area contributed by atoms with Crippen LogP contribution in [0.2, 0.25) is 0 Å². The number of methoxy groups -OCH3 is 1. The summed E-state index contributed by atoms with van der Waals surface area (Å²) in [6, 6.07) is 0. The smallest absolute Gasteiger partial charge is 0.240 e. The van der Waals surface area contributed by atoms with Gasteiger partial charge in [-0.15, -0.1) is 0 Å². The molecule has 1 unspecified atom stereocenters. The summed E-state index contributed by atoms with van der Waals surface area (Å²) < 4.78 is 20.8. The molecule has 0 heterocycles. The molecule has 0 spiro atoms. The number of rotatable bonds is 13. The molecule has 1 atom stereocenters. The summed E-state index contributed by atoms with van der Waals surface area (Å²) in [5.41, 5.74) is 10.3. The SMILES string of the molecule is COCCOCCOCCOCC(N)(C(N)=O)C1CC1. The lowest BCUT2D eigenvalue weighted by molar-refractivity contribution is -0.126. The summed E-state index contributed by atoms with van der Waals surface area (Å²) in [6.45, 7) is 3.14. The zero-order valence-electron chi connectivity index (χ0n) is 12.1. The molecule has 0 radical (unpaired) electrons. The molecule has 1 fully saturated rings. The third kappa shape index (κ3) is 6.15. The molecule has 118 valence electrons. The van der Waals surface area contributed by atoms with Gasteiger partial charge < -0.3 is 30.4 Å². The van der Waals surface area contributed by atoms with Gasteiger partial charge >= 0.3 is 0 Å². The number of carbonyl (C=O) groups excluding carboxylic acids is 1. The molecule has 1 aliphatic rings. The molecule has 0 aromatic rings. The summed E-state index contributed by atoms with van der Waals surface area (Å²) in [5, 5.41) is 0. The quantitative estimate of drug-likeness (QED) is 0.433. The molecule has 0 bridgehead atoms. The number of primary amides is 1. The van der Waals surface area contributed by atoms with Crippen molar-refractivity contribution in [3.63, 3.8) is 0 Å². The van der Waals surface area contributed by atoms with Gasteiger partial charge in [-0.25, -0.2) is 0 Å². The van der Waals surface area contributed by atoms with E-state index in [4.69, 9.17) is 30.4 Å². The van der Waals surface area contributed by atoms with Gasteiger partial charge in [0.05, 0.1) is 46.2 Å². The molecule has 0 saturated heterocycles. The van der Waals surface area contributed by atoms with Crippen LogP contribution in [0.15, 0.2) is 0 Å². The Labute approximate surface area is 119 Å². The van der Waals surface area contributed by atoms with E-state index in [1.807, 2.05) is 0 Å². The number of carbonyl (C=O) groups is 1. The highest BCUT2D eigenvalue weighted by atomic mass is 16.6. The fraction of sp³-hybridized carbons (Fsp3) is 0.923. The van der Waals surface area contributed by atoms with Crippen molar-refractivity contribution in [3.05, 3.63) is 0 Å². The largest absolute Gasteiger partial charge is 0.382 e. The fourth-order valence-electron chi connectivity index (χ4n) is 1.81. The predicted octanol–water partition coefficient (Wildman–Crippen LogP) is -0.725. The van der Waals surface area contributed by atoms with E-state index in [2.05, 4.69) is 0 Å². The van der Waals surface area contributed by atoms with Gasteiger partial charge in [-0.3, -0.25) is 4.79 Å². The van der Waals surface area contributed by atoms with E-state index in [1.54, 1.807) is 7.11 Å². The monoisotopic (exact) mass is 290 g/mol. The standard InChI is InChI=1S/C13H26N2O5/c1-17-4-5-18-6-7-19-8-9-20-10-13(15,12(14)16)11-2-3-11/h11H,2-10,15H2,1H3,(H2,14,16). The molecule has 1 aliphatic carbocycles. The predicted molar refractivity (Wildman–Crippen MR) is 73.2 cm³/mol. The summed E-state index contributed by atoms with van der Waals surface area (Å²) in [7, 11) is 1.63. The number of hydrogen-bond donors (Lipinski definition) is 2. The van der Waals surface area contributed by atoms with Crippen molar-refractivity contribution >= 4 is 5.91 Å². The Hall–Kier alpha value is -0.730. The van der Waals surface area contributed by atoms with Crippen LogP contribution in [0, 0.1) is 5.92 Å². The van der Waals surface area contributed by atoms with Crippen LogP contribution in [0.3, 0.4) is 0 Å². The molecule has 0 aromatic carbocycles. The molecule has 1 amide bonds. The lowest BCUT2D eigenvalue weighted by atomic mass is 9.95. The summed E-state index contributed by atoms with van der Waals surface area (Å²) in [6.07, 6.45) is 1.89. The van der Waals surface area contributed by atoms with Crippen LogP contribution in [-0.4, -0.2) is 64.8 Å². The van der Waals surface area contributed by atoms with Crippen LogP contribution >= 0.6 is 0 Å². The highest BCUT2D eigenvalue weighted by Crippen LogP contribution is 2.38. The van der Waals surface area contributed by atoms with Crippen LogP contribution in [0.4, 0.5) is 0 Å². The van der Waals surface area contributed by atoms with Gasteiger partial charge in [0.15, 0.2) is 0 Å². The molecular weight excluding hydrogens is 264 g/mol. The van der Waals surface area contributed by atoms with Crippen LogP contribution < -0.4 is 11.5 Å². The van der Waals surface area contributed by atoms with E-state index in [0.717, 1.165) is 12.8 Å². The van der Waals surface area contributed by atoms with Crippen molar-refractivity contribution in [1.82, 2.24) is 0 Å². The Morgan fingerprint density at radius 3 is 2.00 bits per heavy atom. The van der Waals surface area contributed by atoms with Crippen LogP contribution in [0.1, 0.15) is 12.8 Å². The molecule has 0 aromatic heterocycles. The van der Waals surface area contributed by atoms with Gasteiger partial charge in [0, 0.05) is 7.11 Å². The first-order valence-corrected chi connectivity index (χ1v) is 6.92. The molecule has 1 saturated carbocycles. The van der Waals surface area contributed by atoms with Gasteiger partial charge in [-0.2, -0.15) is 0 Å². The molecule has 0 aliphatic heterocycles. The Bertz CT molecular complexity index is 286. The number of nitrogens with two attached hydrogens (primary N) is 2. The topological polar surface area (TPSA) is 106 Å². The van der Waals surface area contributed by atoms with Gasteiger partial charge in [-0.05, 0) is 18.8 Å². The maximum absolute atomic E-state index is 11.4. The van der Waals surface area contributed by atoms with E-state index in [0.29, 0.717) is 39.6 Å². The zero-order chi connectivity index (χ0) is 14.8. The Balaban J connectivity index is 1.95. The second kappa shape index (κ2) is 9.25. The molecule has 7 nitrogen and oxygen atoms in total. The minimum absolute atomic E-state index is 0.153. The maximum atomic E-state index is 11.4. The third-order valence-electron chi connectivity index (χ3n) is 3.28. The van der Waals surface area contributed by atoms with E-state index < -0.39 is 11.4 Å². The highest BCUT2D eigenvalue weighted by Gasteiger charge is 2.47. The Morgan fingerprint density at radius 2 is 1.55 bits per heavy atom. The normalized spacial score (nSPS) is 17.9. The summed E-state index contributed by atoms with van der Waals surface area (Å²) in [4.78, 5) is 11.4. The van der Waals surface area contributed by atoms with Crippen molar-refractivity contribution < 1.29 is 23.7 Å². The average Bonchev–Trinajstić information content (AvgIpc) is 3.25. The van der Waals surface area contributed by atoms with Gasteiger partial charge in [0.1, 0.15) is 5.54 Å². The van der Waals surface area contributed by atoms with Crippen LogP contribution in [-0.2, 0) is 23.7 Å². The van der Waals surface area contributed by atoms with E-state index >= 15 is 0 Å². The third-order valence-corrected chi connectivity index (χ3v) is 3.28. The molecule has 7 heteroatoms. The summed E-state index contributed by atoms with van der Waals surface area (Å²) in [5.74, 6) is -0.331. The maximum Gasteiger partial charge on any atom is 0.240 e. The summed E-state index contributed by atoms with van der Waals surface area (Å²) >= 11 is 0. The van der Waals surface area contributed by atoms with Crippen molar-refractivity contribution in [1.29, 1.82) is 0 Å². The molecular formula is C13H26N2O5. The number of amides is 1. The van der Waals surface area contributed by atoms with Gasteiger partial charge in [0.2, 0.25) is 5.91 Å². The van der Waals surface area contributed by atoms with Crippen LogP contribution in [0.5, 0.6) is 0 Å². The first-order chi connectivity index (χ1) is 9.61. The van der Waals surface area contributed by atoms with E-state index in [1.165, 1.54) is 0 Å². The number of hydrogen-bond acceptors (Lipinski definition) is 6. The van der Waals surface area contributed by atoms with Crippen LogP contribution in [0.25, 0.3) is 0 Å². The minimum Gasteiger partial charge on any atom is -0.382 e. The fourth-order valence-corrected chi connectivity index (χ4v) is 1.81. The van der Waals surface area contributed by atoms with Gasteiger partial charge in [-0.1, -0.05) is 0 Å². The second-order valence-electron chi connectivity index (χ2n) is 4.95. The molecule has 4 N–H and O–H groups in total. The first-order valence-electron chi connectivity index (χ1n) is 6.92. The highest BCUT2D eigenvalue weighted by molar-refractivity contribution is 5.85. The van der Waals surface area contributed by atoms with Crippen molar-refractivity contribution in [3.8, 4) is 0 Å². The first kappa shape index (κ1) is 17.3. The Morgan fingerprint density at radius 1 is 1.05 bits per heavy atom. The minimum atomic E-state index is -1.02. The Kier molecular flexibility index (Phi) is 8.01. The van der Waals surface area contributed by atoms with E-state index in [9.17, 15) is 4.79 Å². The number of ether oxygens (including phenoxy) is 4. The molecule has 1 rings (SSSR count). The average molecular weight is 290 g/mol. The van der Waals surface area contributed by atoms with Crippen molar-refractivity contribution in [2.75, 3.05) is 53.4 Å². The van der Waals surface area contributed by atoms with Gasteiger partial charge in [0.25, 0.3) is 0 Å². The second-order valence-corrected chi connectivity index (χ2v) is 4.95. The van der Waals surface area contributed by atoms with Crippen molar-refractivity contribution in [2.45, 2.75) is 18.4 Å². The molecule has 20 heavy (non-hydrogen) atoms. The lowest BCUT2D eigenvalue weighted by Crippen LogP contribution is -2.57. The van der Waals surface area contributed by atoms with E-state index in [-0.39, 0.29) is 12.5 Å². The lowest BCUT2D eigenvalue weighted by Gasteiger charge is -2.25. The zero-order valence-corrected chi connectivity index (χ0v) is 12.1. The van der Waals surface area contributed by atoms with Crippen molar-refractivity contribution in [2.24, 2.45) is 17.4 Å².